The summed E-state index contributed by atoms with van der Waals surface area (Å²) in [6, 6.07) is 14.0. The van der Waals surface area contributed by atoms with E-state index in [1.165, 1.54) is 24.2 Å². The molecule has 0 radical (unpaired) electrons. The highest BCUT2D eigenvalue weighted by Crippen LogP contribution is 2.25. The molecule has 31 heavy (non-hydrogen) atoms. The van der Waals surface area contributed by atoms with Crippen LogP contribution in [0.5, 0.6) is 11.5 Å². The van der Waals surface area contributed by atoms with Crippen molar-refractivity contribution < 1.29 is 22.7 Å². The van der Waals surface area contributed by atoms with Crippen molar-refractivity contribution in [1.82, 2.24) is 0 Å². The number of nitrogens with zero attached hydrogens (tertiary/aromatic N) is 1. The lowest BCUT2D eigenvalue weighted by Crippen LogP contribution is -2.32. The number of rotatable bonds is 9. The van der Waals surface area contributed by atoms with Gasteiger partial charge < -0.3 is 14.8 Å². The molecule has 0 spiro atoms. The molecule has 1 saturated carbocycles. The van der Waals surface area contributed by atoms with Crippen LogP contribution in [0.2, 0.25) is 0 Å². The molecule has 0 heterocycles. The maximum atomic E-state index is 12.7. The highest BCUT2D eigenvalue weighted by Gasteiger charge is 2.20. The van der Waals surface area contributed by atoms with Crippen LogP contribution in [0.15, 0.2) is 48.5 Å². The second kappa shape index (κ2) is 10.0. The van der Waals surface area contributed by atoms with E-state index in [0.717, 1.165) is 24.8 Å². The fourth-order valence-electron chi connectivity index (χ4n) is 3.45. The molecule has 0 aliphatic heterocycles. The lowest BCUT2D eigenvalue weighted by Gasteiger charge is -2.19. The molecule has 1 unspecified atom stereocenters. The number of carbonyl (C=O) groups excluding carboxylic acids is 1. The standard InChI is InChI=1S/C23H30N2O5S/c1-4-22(30-21-15-11-18(12-16-21)25(2)31(3,27)28)23(26)24-17-9-13-20(14-10-17)29-19-7-5-6-8-19/h9-16,19,22H,4-8H2,1-3H3,(H,24,26). The molecular weight excluding hydrogens is 416 g/mol. The zero-order valence-electron chi connectivity index (χ0n) is 18.2. The summed E-state index contributed by atoms with van der Waals surface area (Å²) >= 11 is 0. The van der Waals surface area contributed by atoms with Crippen molar-refractivity contribution in [2.75, 3.05) is 22.9 Å². The minimum atomic E-state index is -3.34. The first-order chi connectivity index (χ1) is 14.8. The number of amides is 1. The highest BCUT2D eigenvalue weighted by molar-refractivity contribution is 7.92. The van der Waals surface area contributed by atoms with Crippen LogP contribution in [0.25, 0.3) is 0 Å². The summed E-state index contributed by atoms with van der Waals surface area (Å²) in [5, 5.41) is 2.88. The van der Waals surface area contributed by atoms with E-state index in [1.54, 1.807) is 24.3 Å². The second-order valence-electron chi connectivity index (χ2n) is 7.78. The number of anilines is 2. The number of ether oxygens (including phenoxy) is 2. The Balaban J connectivity index is 1.57. The van der Waals surface area contributed by atoms with Gasteiger partial charge in [0, 0.05) is 12.7 Å². The number of hydrogen-bond donors (Lipinski definition) is 1. The van der Waals surface area contributed by atoms with Gasteiger partial charge in [0.1, 0.15) is 11.5 Å². The average molecular weight is 447 g/mol. The summed E-state index contributed by atoms with van der Waals surface area (Å²) in [6.07, 6.45) is 5.87. The molecule has 1 fully saturated rings. The lowest BCUT2D eigenvalue weighted by atomic mass is 10.2. The lowest BCUT2D eigenvalue weighted by molar-refractivity contribution is -0.122. The summed E-state index contributed by atoms with van der Waals surface area (Å²) in [7, 11) is -1.85. The average Bonchev–Trinajstić information content (AvgIpc) is 3.25. The van der Waals surface area contributed by atoms with Gasteiger partial charge >= 0.3 is 0 Å². The normalized spacial score (nSPS) is 15.3. The van der Waals surface area contributed by atoms with Gasteiger partial charge in [-0.25, -0.2) is 8.42 Å². The van der Waals surface area contributed by atoms with E-state index in [4.69, 9.17) is 9.47 Å². The second-order valence-corrected chi connectivity index (χ2v) is 9.79. The van der Waals surface area contributed by atoms with Crippen LogP contribution in [0.3, 0.4) is 0 Å². The SMILES string of the molecule is CCC(Oc1ccc(N(C)S(C)(=O)=O)cc1)C(=O)Nc1ccc(OC2CCCC2)cc1. The van der Waals surface area contributed by atoms with Gasteiger partial charge in [-0.3, -0.25) is 9.10 Å². The third-order valence-electron chi connectivity index (χ3n) is 5.37. The summed E-state index contributed by atoms with van der Waals surface area (Å²) < 4.78 is 36.2. The molecule has 1 atom stereocenters. The molecule has 3 rings (SSSR count). The van der Waals surface area contributed by atoms with Crippen molar-refractivity contribution in [3.63, 3.8) is 0 Å². The smallest absolute Gasteiger partial charge is 0.265 e. The monoisotopic (exact) mass is 446 g/mol. The maximum absolute atomic E-state index is 12.7. The summed E-state index contributed by atoms with van der Waals surface area (Å²) in [5.74, 6) is 1.06. The molecule has 1 N–H and O–H groups in total. The van der Waals surface area contributed by atoms with Crippen LogP contribution in [-0.2, 0) is 14.8 Å². The third-order valence-corrected chi connectivity index (χ3v) is 6.57. The van der Waals surface area contributed by atoms with Crippen molar-refractivity contribution in [2.45, 2.75) is 51.2 Å². The molecule has 0 saturated heterocycles. The summed E-state index contributed by atoms with van der Waals surface area (Å²) in [6.45, 7) is 1.87. The van der Waals surface area contributed by atoms with Gasteiger partial charge in [0.2, 0.25) is 10.0 Å². The molecule has 7 nitrogen and oxygen atoms in total. The van der Waals surface area contributed by atoms with E-state index >= 15 is 0 Å². The minimum Gasteiger partial charge on any atom is -0.490 e. The molecule has 2 aromatic carbocycles. The van der Waals surface area contributed by atoms with Crippen molar-refractivity contribution in [2.24, 2.45) is 0 Å². The Morgan fingerprint density at radius 2 is 1.65 bits per heavy atom. The van der Waals surface area contributed by atoms with Gasteiger partial charge in [-0.2, -0.15) is 0 Å². The zero-order valence-corrected chi connectivity index (χ0v) is 19.0. The molecular formula is C23H30N2O5S. The Bertz CT molecular complexity index is 968. The van der Waals surface area contributed by atoms with Gasteiger partial charge in [0.05, 0.1) is 18.0 Å². The number of benzene rings is 2. The minimum absolute atomic E-state index is 0.246. The van der Waals surface area contributed by atoms with Crippen molar-refractivity contribution in [1.29, 1.82) is 0 Å². The van der Waals surface area contributed by atoms with E-state index in [9.17, 15) is 13.2 Å². The van der Waals surface area contributed by atoms with Crippen LogP contribution >= 0.6 is 0 Å². The van der Waals surface area contributed by atoms with E-state index in [0.29, 0.717) is 29.6 Å². The number of carbonyl (C=O) groups is 1. The van der Waals surface area contributed by atoms with Crippen LogP contribution < -0.4 is 19.1 Å². The maximum Gasteiger partial charge on any atom is 0.265 e. The number of sulfonamides is 1. The summed E-state index contributed by atoms with van der Waals surface area (Å²) in [4.78, 5) is 12.7. The van der Waals surface area contributed by atoms with Crippen LogP contribution in [0.4, 0.5) is 11.4 Å². The van der Waals surface area contributed by atoms with E-state index < -0.39 is 16.1 Å². The van der Waals surface area contributed by atoms with Crippen LogP contribution in [-0.4, -0.2) is 39.8 Å². The molecule has 168 valence electrons. The predicted octanol–water partition coefficient (Wildman–Crippen LogP) is 4.20. The Morgan fingerprint density at radius 1 is 1.06 bits per heavy atom. The number of nitrogens with one attached hydrogen (secondary N) is 1. The van der Waals surface area contributed by atoms with E-state index in [2.05, 4.69) is 5.32 Å². The molecule has 0 aromatic heterocycles. The zero-order chi connectivity index (χ0) is 22.4. The molecule has 1 aliphatic rings. The fourth-order valence-corrected chi connectivity index (χ4v) is 3.96. The predicted molar refractivity (Wildman–Crippen MR) is 122 cm³/mol. The quantitative estimate of drug-likeness (QED) is 0.624. The Labute approximate surface area is 184 Å². The van der Waals surface area contributed by atoms with Crippen molar-refractivity contribution >= 4 is 27.3 Å². The van der Waals surface area contributed by atoms with Gasteiger partial charge in [0.15, 0.2) is 6.10 Å². The molecule has 2 aromatic rings. The van der Waals surface area contributed by atoms with Gasteiger partial charge in [-0.1, -0.05) is 6.92 Å². The molecule has 1 amide bonds. The van der Waals surface area contributed by atoms with Crippen LogP contribution in [0, 0.1) is 0 Å². The van der Waals surface area contributed by atoms with E-state index in [-0.39, 0.29) is 5.91 Å². The van der Waals surface area contributed by atoms with Gasteiger partial charge in [0.25, 0.3) is 5.91 Å². The van der Waals surface area contributed by atoms with E-state index in [1.807, 2.05) is 31.2 Å². The molecule has 1 aliphatic carbocycles. The third kappa shape index (κ3) is 6.37. The highest BCUT2D eigenvalue weighted by atomic mass is 32.2. The van der Waals surface area contributed by atoms with Crippen molar-refractivity contribution in [3.05, 3.63) is 48.5 Å². The Morgan fingerprint density at radius 3 is 2.19 bits per heavy atom. The summed E-state index contributed by atoms with van der Waals surface area (Å²) in [5.41, 5.74) is 1.20. The molecule has 0 bridgehead atoms. The first-order valence-corrected chi connectivity index (χ1v) is 12.4. The fraction of sp³-hybridized carbons (Fsp3) is 0.435. The Kier molecular flexibility index (Phi) is 7.43. The molecule has 8 heteroatoms. The topological polar surface area (TPSA) is 84.9 Å². The first-order valence-electron chi connectivity index (χ1n) is 10.5. The largest absolute Gasteiger partial charge is 0.490 e. The number of hydrogen-bond acceptors (Lipinski definition) is 5. The van der Waals surface area contributed by atoms with Crippen LogP contribution in [0.1, 0.15) is 39.0 Å². The van der Waals surface area contributed by atoms with Gasteiger partial charge in [-0.05, 0) is 80.6 Å². The Hall–Kier alpha value is -2.74. The van der Waals surface area contributed by atoms with Gasteiger partial charge in [-0.15, -0.1) is 0 Å². The first kappa shape index (κ1) is 22.9. The van der Waals surface area contributed by atoms with Crippen molar-refractivity contribution in [3.8, 4) is 11.5 Å².